The lowest BCUT2D eigenvalue weighted by Gasteiger charge is -2.30. The molecule has 0 saturated carbocycles. The highest BCUT2D eigenvalue weighted by molar-refractivity contribution is 5.92. The summed E-state index contributed by atoms with van der Waals surface area (Å²) in [6.07, 6.45) is 1.49. The van der Waals surface area contributed by atoms with Gasteiger partial charge in [-0.3, -0.25) is 14.5 Å². The SMILES string of the molecule is NC(=O)[C@H]1CCCN(CC(=O)Nc2cc(F)ccc2F)C1. The van der Waals surface area contributed by atoms with Crippen LogP contribution < -0.4 is 11.1 Å². The van der Waals surface area contributed by atoms with E-state index in [1.807, 2.05) is 0 Å². The van der Waals surface area contributed by atoms with Crippen LogP contribution in [0.3, 0.4) is 0 Å². The molecule has 0 spiro atoms. The maximum Gasteiger partial charge on any atom is 0.238 e. The van der Waals surface area contributed by atoms with Crippen molar-refractivity contribution >= 4 is 17.5 Å². The number of likely N-dealkylation sites (tertiary alicyclic amines) is 1. The van der Waals surface area contributed by atoms with Gasteiger partial charge in [-0.2, -0.15) is 0 Å². The van der Waals surface area contributed by atoms with Crippen LogP contribution in [0.25, 0.3) is 0 Å². The first-order valence-corrected chi connectivity index (χ1v) is 6.72. The summed E-state index contributed by atoms with van der Waals surface area (Å²) in [6, 6.07) is 2.86. The predicted molar refractivity (Wildman–Crippen MR) is 73.3 cm³/mol. The molecular formula is C14H17F2N3O2. The molecule has 1 fully saturated rings. The number of primary amides is 1. The Morgan fingerprint density at radius 1 is 1.38 bits per heavy atom. The van der Waals surface area contributed by atoms with E-state index in [9.17, 15) is 18.4 Å². The second-order valence-corrected chi connectivity index (χ2v) is 5.15. The van der Waals surface area contributed by atoms with Crippen LogP contribution in [0, 0.1) is 17.6 Å². The molecule has 114 valence electrons. The number of halogens is 2. The van der Waals surface area contributed by atoms with Crippen molar-refractivity contribution in [1.82, 2.24) is 4.90 Å². The third-order valence-electron chi connectivity index (χ3n) is 3.48. The van der Waals surface area contributed by atoms with Crippen LogP contribution in [0.5, 0.6) is 0 Å². The monoisotopic (exact) mass is 297 g/mol. The Morgan fingerprint density at radius 2 is 2.14 bits per heavy atom. The molecular weight excluding hydrogens is 280 g/mol. The van der Waals surface area contributed by atoms with Crippen molar-refractivity contribution < 1.29 is 18.4 Å². The number of nitrogens with zero attached hydrogens (tertiary/aromatic N) is 1. The highest BCUT2D eigenvalue weighted by Gasteiger charge is 2.25. The molecule has 1 heterocycles. The van der Waals surface area contributed by atoms with Crippen LogP contribution in [0.2, 0.25) is 0 Å². The van der Waals surface area contributed by atoms with Crippen LogP contribution in [0.15, 0.2) is 18.2 Å². The number of carbonyl (C=O) groups is 2. The first-order valence-electron chi connectivity index (χ1n) is 6.72. The van der Waals surface area contributed by atoms with E-state index in [2.05, 4.69) is 5.32 Å². The standard InChI is InChI=1S/C14H17F2N3O2/c15-10-3-4-11(16)12(6-10)18-13(20)8-19-5-1-2-9(7-19)14(17)21/h3-4,6,9H,1-2,5,7-8H2,(H2,17,21)(H,18,20)/t9-/m0/s1. The molecule has 0 aromatic heterocycles. The number of rotatable bonds is 4. The molecule has 0 unspecified atom stereocenters. The molecule has 1 aliphatic rings. The molecule has 0 radical (unpaired) electrons. The number of nitrogens with two attached hydrogens (primary N) is 1. The lowest BCUT2D eigenvalue weighted by molar-refractivity contribution is -0.125. The summed E-state index contributed by atoms with van der Waals surface area (Å²) in [7, 11) is 0. The van der Waals surface area contributed by atoms with Crippen LogP contribution in [0.1, 0.15) is 12.8 Å². The molecule has 5 nitrogen and oxygen atoms in total. The minimum atomic E-state index is -0.696. The fraction of sp³-hybridized carbons (Fsp3) is 0.429. The lowest BCUT2D eigenvalue weighted by atomic mass is 9.97. The maximum absolute atomic E-state index is 13.4. The van der Waals surface area contributed by atoms with Crippen molar-refractivity contribution in [2.75, 3.05) is 25.0 Å². The van der Waals surface area contributed by atoms with Gasteiger partial charge in [0.1, 0.15) is 11.6 Å². The van der Waals surface area contributed by atoms with Gasteiger partial charge in [-0.05, 0) is 31.5 Å². The molecule has 7 heteroatoms. The van der Waals surface area contributed by atoms with Crippen LogP contribution in [-0.4, -0.2) is 36.3 Å². The summed E-state index contributed by atoms with van der Waals surface area (Å²) >= 11 is 0. The quantitative estimate of drug-likeness (QED) is 0.874. The fourth-order valence-corrected chi connectivity index (χ4v) is 2.42. The predicted octanol–water partition coefficient (Wildman–Crippen LogP) is 1.10. The van der Waals surface area contributed by atoms with E-state index in [-0.39, 0.29) is 24.1 Å². The third-order valence-corrected chi connectivity index (χ3v) is 3.48. The van der Waals surface area contributed by atoms with Gasteiger partial charge in [-0.1, -0.05) is 0 Å². The first-order chi connectivity index (χ1) is 9.95. The zero-order valence-corrected chi connectivity index (χ0v) is 11.4. The van der Waals surface area contributed by atoms with Gasteiger partial charge in [0.05, 0.1) is 18.2 Å². The number of anilines is 1. The Bertz CT molecular complexity index is 551. The number of nitrogens with one attached hydrogen (secondary N) is 1. The van der Waals surface area contributed by atoms with Gasteiger partial charge in [0.25, 0.3) is 0 Å². The minimum absolute atomic E-state index is 0.0136. The van der Waals surface area contributed by atoms with Crippen molar-refractivity contribution in [3.63, 3.8) is 0 Å². The zero-order valence-electron chi connectivity index (χ0n) is 11.4. The third kappa shape index (κ3) is 4.22. The molecule has 2 amide bonds. The van der Waals surface area contributed by atoms with Gasteiger partial charge in [-0.25, -0.2) is 8.78 Å². The molecule has 1 saturated heterocycles. The number of benzene rings is 1. The number of amides is 2. The highest BCUT2D eigenvalue weighted by Crippen LogP contribution is 2.17. The topological polar surface area (TPSA) is 75.4 Å². The average Bonchev–Trinajstić information content (AvgIpc) is 2.43. The number of piperidine rings is 1. The number of hydrogen-bond donors (Lipinski definition) is 2. The van der Waals surface area contributed by atoms with Crippen LogP contribution >= 0.6 is 0 Å². The van der Waals surface area contributed by atoms with Gasteiger partial charge in [0, 0.05) is 12.6 Å². The lowest BCUT2D eigenvalue weighted by Crippen LogP contribution is -2.44. The Balaban J connectivity index is 1.92. The maximum atomic E-state index is 13.4. The summed E-state index contributed by atoms with van der Waals surface area (Å²) in [5.41, 5.74) is 5.07. The number of hydrogen-bond acceptors (Lipinski definition) is 3. The minimum Gasteiger partial charge on any atom is -0.369 e. The van der Waals surface area contributed by atoms with E-state index < -0.39 is 17.5 Å². The Morgan fingerprint density at radius 3 is 2.86 bits per heavy atom. The van der Waals surface area contributed by atoms with Crippen molar-refractivity contribution in [3.05, 3.63) is 29.8 Å². The first kappa shape index (κ1) is 15.4. The number of carbonyl (C=O) groups excluding carboxylic acids is 2. The molecule has 1 aromatic rings. The van der Waals surface area contributed by atoms with E-state index in [0.29, 0.717) is 19.5 Å². The van der Waals surface area contributed by atoms with E-state index >= 15 is 0 Å². The van der Waals surface area contributed by atoms with Crippen molar-refractivity contribution in [2.45, 2.75) is 12.8 Å². The van der Waals surface area contributed by atoms with E-state index in [1.54, 1.807) is 4.90 Å². The van der Waals surface area contributed by atoms with Crippen molar-refractivity contribution in [1.29, 1.82) is 0 Å². The largest absolute Gasteiger partial charge is 0.369 e. The van der Waals surface area contributed by atoms with Crippen molar-refractivity contribution in [2.24, 2.45) is 11.7 Å². The van der Waals surface area contributed by atoms with E-state index in [0.717, 1.165) is 24.6 Å². The normalized spacial score (nSPS) is 19.2. The van der Waals surface area contributed by atoms with Gasteiger partial charge >= 0.3 is 0 Å². The highest BCUT2D eigenvalue weighted by atomic mass is 19.1. The summed E-state index contributed by atoms with van der Waals surface area (Å²) in [5, 5.41) is 2.33. The zero-order chi connectivity index (χ0) is 15.4. The Labute approximate surface area is 121 Å². The molecule has 1 aromatic carbocycles. The molecule has 3 N–H and O–H groups in total. The average molecular weight is 297 g/mol. The molecule has 21 heavy (non-hydrogen) atoms. The van der Waals surface area contributed by atoms with Gasteiger partial charge in [0.15, 0.2) is 0 Å². The van der Waals surface area contributed by atoms with Crippen LogP contribution in [-0.2, 0) is 9.59 Å². The molecule has 1 atom stereocenters. The second kappa shape index (κ2) is 6.62. The molecule has 0 bridgehead atoms. The van der Waals surface area contributed by atoms with Crippen LogP contribution in [0.4, 0.5) is 14.5 Å². The van der Waals surface area contributed by atoms with Gasteiger partial charge < -0.3 is 11.1 Å². The summed E-state index contributed by atoms with van der Waals surface area (Å²) in [6.45, 7) is 1.09. The Hall–Kier alpha value is -2.02. The molecule has 0 aliphatic carbocycles. The van der Waals surface area contributed by atoms with E-state index in [1.165, 1.54) is 0 Å². The summed E-state index contributed by atoms with van der Waals surface area (Å²) in [4.78, 5) is 24.8. The summed E-state index contributed by atoms with van der Waals surface area (Å²) < 4.78 is 26.4. The van der Waals surface area contributed by atoms with Crippen molar-refractivity contribution in [3.8, 4) is 0 Å². The van der Waals surface area contributed by atoms with Gasteiger partial charge in [0.2, 0.25) is 11.8 Å². The molecule has 1 aliphatic heterocycles. The fourth-order valence-electron chi connectivity index (χ4n) is 2.42. The van der Waals surface area contributed by atoms with E-state index in [4.69, 9.17) is 5.73 Å². The Kier molecular flexibility index (Phi) is 4.85. The second-order valence-electron chi connectivity index (χ2n) is 5.15. The smallest absolute Gasteiger partial charge is 0.238 e. The molecule has 2 rings (SSSR count). The summed E-state index contributed by atoms with van der Waals surface area (Å²) in [5.74, 6) is -2.42. The van der Waals surface area contributed by atoms with Gasteiger partial charge in [-0.15, -0.1) is 0 Å².